The number of carbonyl (C=O) groups excluding carboxylic acids is 2. The molecule has 1 heterocycles. The van der Waals surface area contributed by atoms with E-state index in [-0.39, 0.29) is 11.8 Å². The molecule has 0 saturated carbocycles. The van der Waals surface area contributed by atoms with Crippen molar-refractivity contribution in [3.05, 3.63) is 40.9 Å². The zero-order valence-corrected chi connectivity index (χ0v) is 11.2. The topological polar surface area (TPSA) is 49.4 Å². The number of carbonyl (C=O) groups is 2. The maximum absolute atomic E-state index is 12.0. The minimum absolute atomic E-state index is 0.00544. The highest BCUT2D eigenvalue weighted by Gasteiger charge is 2.16. The number of hydrogen-bond acceptors (Lipinski definition) is 2. The normalized spacial score (nSPS) is 16.3. The lowest BCUT2D eigenvalue weighted by molar-refractivity contribution is -0.125. The van der Waals surface area contributed by atoms with Gasteiger partial charge in [-0.25, -0.2) is 0 Å². The first kappa shape index (κ1) is 13.6. The average Bonchev–Trinajstić information content (AvgIpc) is 2.61. The summed E-state index contributed by atoms with van der Waals surface area (Å²) >= 11 is 5.87. The molecule has 1 aliphatic rings. The van der Waals surface area contributed by atoms with Gasteiger partial charge in [0.1, 0.15) is 0 Å². The summed E-state index contributed by atoms with van der Waals surface area (Å²) in [6.07, 6.45) is 3.60. The fourth-order valence-corrected chi connectivity index (χ4v) is 2.07. The molecular weight excluding hydrogens is 264 g/mol. The summed E-state index contributed by atoms with van der Waals surface area (Å²) in [6.45, 7) is 1.52. The summed E-state index contributed by atoms with van der Waals surface area (Å²) < 4.78 is 0. The number of benzene rings is 1. The van der Waals surface area contributed by atoms with Crippen molar-refractivity contribution < 1.29 is 9.59 Å². The molecule has 2 rings (SSSR count). The number of halogens is 1. The van der Waals surface area contributed by atoms with Crippen molar-refractivity contribution in [2.45, 2.75) is 6.42 Å². The molecule has 0 unspecified atom stereocenters. The molecule has 1 aromatic rings. The molecule has 1 N–H and O–H groups in total. The number of amides is 2. The van der Waals surface area contributed by atoms with Crippen molar-refractivity contribution in [2.24, 2.45) is 0 Å². The average molecular weight is 279 g/mol. The van der Waals surface area contributed by atoms with Crippen LogP contribution in [-0.4, -0.2) is 36.3 Å². The Balaban J connectivity index is 1.98. The first-order valence-electron chi connectivity index (χ1n) is 6.14. The van der Waals surface area contributed by atoms with Gasteiger partial charge < -0.3 is 10.2 Å². The molecule has 0 atom stereocenters. The molecule has 0 spiro atoms. The van der Waals surface area contributed by atoms with Crippen LogP contribution in [-0.2, 0) is 9.59 Å². The van der Waals surface area contributed by atoms with Crippen LogP contribution in [0.3, 0.4) is 0 Å². The van der Waals surface area contributed by atoms with E-state index in [1.165, 1.54) is 6.08 Å². The minimum Gasteiger partial charge on any atom is -0.354 e. The second-order valence-corrected chi connectivity index (χ2v) is 4.75. The summed E-state index contributed by atoms with van der Waals surface area (Å²) in [6, 6.07) is 7.29. The molecule has 1 aromatic carbocycles. The molecule has 0 bridgehead atoms. The summed E-state index contributed by atoms with van der Waals surface area (Å²) in [5, 5.41) is 3.37. The van der Waals surface area contributed by atoms with Crippen LogP contribution < -0.4 is 5.32 Å². The third-order valence-electron chi connectivity index (χ3n) is 2.89. The van der Waals surface area contributed by atoms with Gasteiger partial charge in [0, 0.05) is 37.2 Å². The van der Waals surface area contributed by atoms with Gasteiger partial charge in [-0.1, -0.05) is 23.7 Å². The number of rotatable bonds is 2. The van der Waals surface area contributed by atoms with Gasteiger partial charge >= 0.3 is 0 Å². The third-order valence-corrected chi connectivity index (χ3v) is 3.13. The Labute approximate surface area is 117 Å². The largest absolute Gasteiger partial charge is 0.354 e. The highest BCUT2D eigenvalue weighted by atomic mass is 35.5. The molecule has 1 saturated heterocycles. The highest BCUT2D eigenvalue weighted by molar-refractivity contribution is 6.30. The van der Waals surface area contributed by atoms with Crippen molar-refractivity contribution in [3.63, 3.8) is 0 Å². The third kappa shape index (κ3) is 4.10. The second kappa shape index (κ2) is 6.38. The van der Waals surface area contributed by atoms with Crippen LogP contribution in [0.5, 0.6) is 0 Å². The van der Waals surface area contributed by atoms with Crippen LogP contribution >= 0.6 is 11.6 Å². The van der Waals surface area contributed by atoms with E-state index in [0.29, 0.717) is 31.1 Å². The van der Waals surface area contributed by atoms with E-state index in [1.807, 2.05) is 12.1 Å². The molecular formula is C14H15ClN2O2. The quantitative estimate of drug-likeness (QED) is 0.837. The van der Waals surface area contributed by atoms with Gasteiger partial charge in [0.25, 0.3) is 0 Å². The maximum atomic E-state index is 12.0. The van der Waals surface area contributed by atoms with E-state index in [4.69, 9.17) is 11.6 Å². The van der Waals surface area contributed by atoms with E-state index in [9.17, 15) is 9.59 Å². The van der Waals surface area contributed by atoms with Crippen LogP contribution in [0.2, 0.25) is 5.02 Å². The van der Waals surface area contributed by atoms with E-state index in [0.717, 1.165) is 5.56 Å². The van der Waals surface area contributed by atoms with Crippen LogP contribution in [0.15, 0.2) is 30.3 Å². The van der Waals surface area contributed by atoms with Crippen molar-refractivity contribution in [1.29, 1.82) is 0 Å². The Bertz CT molecular complexity index is 514. The minimum atomic E-state index is -0.0866. The SMILES string of the molecule is O=C1CCN(C(=O)/C=C/c2cccc(Cl)c2)CCN1. The predicted molar refractivity (Wildman–Crippen MR) is 74.7 cm³/mol. The molecule has 4 nitrogen and oxygen atoms in total. The van der Waals surface area contributed by atoms with Gasteiger partial charge in [0.2, 0.25) is 11.8 Å². The Morgan fingerprint density at radius 1 is 1.37 bits per heavy atom. The van der Waals surface area contributed by atoms with Gasteiger partial charge in [-0.05, 0) is 23.8 Å². The van der Waals surface area contributed by atoms with Crippen LogP contribution in [0, 0.1) is 0 Å². The summed E-state index contributed by atoms with van der Waals surface area (Å²) in [4.78, 5) is 24.8. The van der Waals surface area contributed by atoms with Crippen LogP contribution in [0.25, 0.3) is 6.08 Å². The maximum Gasteiger partial charge on any atom is 0.246 e. The fraction of sp³-hybridized carbons (Fsp3) is 0.286. The van der Waals surface area contributed by atoms with Gasteiger partial charge in [0.05, 0.1) is 0 Å². The Morgan fingerprint density at radius 2 is 2.21 bits per heavy atom. The smallest absolute Gasteiger partial charge is 0.246 e. The fourth-order valence-electron chi connectivity index (χ4n) is 1.87. The van der Waals surface area contributed by atoms with Crippen LogP contribution in [0.4, 0.5) is 0 Å². The van der Waals surface area contributed by atoms with Crippen molar-refractivity contribution in [1.82, 2.24) is 10.2 Å². The molecule has 19 heavy (non-hydrogen) atoms. The number of nitrogens with one attached hydrogen (secondary N) is 1. The van der Waals surface area contributed by atoms with Gasteiger partial charge in [-0.15, -0.1) is 0 Å². The summed E-state index contributed by atoms with van der Waals surface area (Å²) in [7, 11) is 0. The monoisotopic (exact) mass is 278 g/mol. The van der Waals surface area contributed by atoms with E-state index in [1.54, 1.807) is 23.1 Å². The van der Waals surface area contributed by atoms with Gasteiger partial charge in [-0.2, -0.15) is 0 Å². The lowest BCUT2D eigenvalue weighted by Gasteiger charge is -2.17. The van der Waals surface area contributed by atoms with E-state index in [2.05, 4.69) is 5.32 Å². The summed E-state index contributed by atoms with van der Waals surface area (Å²) in [5.41, 5.74) is 0.880. The zero-order valence-electron chi connectivity index (χ0n) is 10.4. The lowest BCUT2D eigenvalue weighted by atomic mass is 10.2. The second-order valence-electron chi connectivity index (χ2n) is 4.31. The van der Waals surface area contributed by atoms with Crippen LogP contribution in [0.1, 0.15) is 12.0 Å². The highest BCUT2D eigenvalue weighted by Crippen LogP contribution is 2.12. The molecule has 5 heteroatoms. The lowest BCUT2D eigenvalue weighted by Crippen LogP contribution is -2.32. The predicted octanol–water partition coefficient (Wildman–Crippen LogP) is 1.70. The molecule has 1 fully saturated rings. The van der Waals surface area contributed by atoms with E-state index >= 15 is 0 Å². The Hall–Kier alpha value is -1.81. The van der Waals surface area contributed by atoms with Crippen molar-refractivity contribution in [2.75, 3.05) is 19.6 Å². The van der Waals surface area contributed by atoms with Gasteiger partial charge in [0.15, 0.2) is 0 Å². The first-order chi connectivity index (χ1) is 9.15. The molecule has 1 aliphatic heterocycles. The standard InChI is InChI=1S/C14H15ClN2O2/c15-12-3-1-2-11(10-12)4-5-14(19)17-8-6-13(18)16-7-9-17/h1-5,10H,6-9H2,(H,16,18)/b5-4+. The summed E-state index contributed by atoms with van der Waals surface area (Å²) in [5.74, 6) is -0.0920. The molecule has 0 radical (unpaired) electrons. The van der Waals surface area contributed by atoms with Gasteiger partial charge in [-0.3, -0.25) is 9.59 Å². The molecule has 0 aliphatic carbocycles. The zero-order chi connectivity index (χ0) is 13.7. The first-order valence-corrected chi connectivity index (χ1v) is 6.52. The number of nitrogens with zero attached hydrogens (tertiary/aromatic N) is 1. The van der Waals surface area contributed by atoms with E-state index < -0.39 is 0 Å². The van der Waals surface area contributed by atoms with Crippen molar-refractivity contribution in [3.8, 4) is 0 Å². The Morgan fingerprint density at radius 3 is 3.00 bits per heavy atom. The Kier molecular flexibility index (Phi) is 4.58. The van der Waals surface area contributed by atoms with Crippen molar-refractivity contribution >= 4 is 29.5 Å². The number of hydrogen-bond donors (Lipinski definition) is 1. The molecule has 0 aromatic heterocycles. The molecule has 2 amide bonds. The molecule has 100 valence electrons.